The average Bonchev–Trinajstić information content (AvgIpc) is 2.74. The van der Waals surface area contributed by atoms with Gasteiger partial charge in [-0.2, -0.15) is 13.2 Å². The molecule has 2 rings (SSSR count). The van der Waals surface area contributed by atoms with Crippen molar-refractivity contribution in [3.05, 3.63) is 51.5 Å². The first kappa shape index (κ1) is 13.0. The van der Waals surface area contributed by atoms with Gasteiger partial charge in [-0.1, -0.05) is 18.2 Å². The molecule has 1 unspecified atom stereocenters. The number of aryl methyl sites for hydroxylation is 1. The van der Waals surface area contributed by atoms with Crippen LogP contribution in [0.2, 0.25) is 0 Å². The molecular weight excluding hydrogens is 263 g/mol. The van der Waals surface area contributed by atoms with Crippen molar-refractivity contribution in [1.29, 1.82) is 0 Å². The first-order chi connectivity index (χ1) is 8.39. The number of halogens is 3. The van der Waals surface area contributed by atoms with E-state index in [4.69, 9.17) is 0 Å². The topological polar surface area (TPSA) is 33.1 Å². The van der Waals surface area contributed by atoms with Crippen LogP contribution >= 0.6 is 11.3 Å². The molecule has 0 saturated heterocycles. The van der Waals surface area contributed by atoms with Gasteiger partial charge in [-0.15, -0.1) is 11.3 Å². The first-order valence-electron chi connectivity index (χ1n) is 5.16. The maximum Gasteiger partial charge on any atom is 0.416 e. The third-order valence-electron chi connectivity index (χ3n) is 2.43. The van der Waals surface area contributed by atoms with Gasteiger partial charge in [-0.25, -0.2) is 4.98 Å². The molecule has 1 aromatic carbocycles. The second-order valence-electron chi connectivity index (χ2n) is 3.81. The van der Waals surface area contributed by atoms with Crippen molar-refractivity contribution in [1.82, 2.24) is 4.98 Å². The standard InChI is InChI=1S/C12H10F3NOS/c1-7-6-18-11(16-7)10(17)8-4-2-3-5-9(8)12(13,14)15/h2-6,10,17H,1H3. The molecule has 18 heavy (non-hydrogen) atoms. The minimum Gasteiger partial charge on any atom is -0.381 e. The Morgan fingerprint density at radius 3 is 2.50 bits per heavy atom. The van der Waals surface area contributed by atoms with Gasteiger partial charge in [-0.05, 0) is 18.6 Å². The van der Waals surface area contributed by atoms with Crippen LogP contribution in [0.1, 0.15) is 27.9 Å². The molecule has 6 heteroatoms. The molecule has 0 aliphatic carbocycles. The fourth-order valence-corrected chi connectivity index (χ4v) is 2.42. The van der Waals surface area contributed by atoms with Crippen LogP contribution in [0.4, 0.5) is 13.2 Å². The average molecular weight is 273 g/mol. The minimum atomic E-state index is -4.48. The number of alkyl halides is 3. The normalized spacial score (nSPS) is 13.6. The lowest BCUT2D eigenvalue weighted by Crippen LogP contribution is -2.12. The second-order valence-corrected chi connectivity index (χ2v) is 4.70. The monoisotopic (exact) mass is 273 g/mol. The highest BCUT2D eigenvalue weighted by Gasteiger charge is 2.35. The predicted molar refractivity (Wildman–Crippen MR) is 62.4 cm³/mol. The summed E-state index contributed by atoms with van der Waals surface area (Å²) in [6, 6.07) is 4.99. The van der Waals surface area contributed by atoms with Gasteiger partial charge in [0.25, 0.3) is 0 Å². The molecule has 1 N–H and O–H groups in total. The lowest BCUT2D eigenvalue weighted by Gasteiger charge is -2.15. The van der Waals surface area contributed by atoms with E-state index < -0.39 is 17.8 Å². The Morgan fingerprint density at radius 2 is 1.94 bits per heavy atom. The summed E-state index contributed by atoms with van der Waals surface area (Å²) in [6.45, 7) is 1.72. The SMILES string of the molecule is Cc1csc(C(O)c2ccccc2C(F)(F)F)n1. The first-order valence-corrected chi connectivity index (χ1v) is 6.04. The zero-order valence-corrected chi connectivity index (χ0v) is 10.2. The van der Waals surface area contributed by atoms with E-state index in [-0.39, 0.29) is 10.6 Å². The van der Waals surface area contributed by atoms with Crippen molar-refractivity contribution >= 4 is 11.3 Å². The van der Waals surface area contributed by atoms with E-state index >= 15 is 0 Å². The number of aliphatic hydroxyl groups is 1. The van der Waals surface area contributed by atoms with Gasteiger partial charge in [0.05, 0.1) is 5.56 Å². The summed E-state index contributed by atoms with van der Waals surface area (Å²) in [5.74, 6) is 0. The molecule has 0 aliphatic rings. The van der Waals surface area contributed by atoms with E-state index in [1.807, 2.05) is 0 Å². The smallest absolute Gasteiger partial charge is 0.381 e. The summed E-state index contributed by atoms with van der Waals surface area (Å²) in [7, 11) is 0. The minimum absolute atomic E-state index is 0.167. The van der Waals surface area contributed by atoms with Crippen LogP contribution in [0, 0.1) is 6.92 Å². The van der Waals surface area contributed by atoms with Crippen LogP contribution in [-0.4, -0.2) is 10.1 Å². The molecule has 2 nitrogen and oxygen atoms in total. The summed E-state index contributed by atoms with van der Waals surface area (Å²) < 4.78 is 38.4. The third-order valence-corrected chi connectivity index (χ3v) is 3.45. The maximum absolute atomic E-state index is 12.8. The van der Waals surface area contributed by atoms with E-state index in [2.05, 4.69) is 4.98 Å². The van der Waals surface area contributed by atoms with Crippen LogP contribution in [0.5, 0.6) is 0 Å². The van der Waals surface area contributed by atoms with E-state index in [9.17, 15) is 18.3 Å². The number of nitrogens with zero attached hydrogens (tertiary/aromatic N) is 1. The van der Waals surface area contributed by atoms with Crippen LogP contribution in [0.15, 0.2) is 29.6 Å². The van der Waals surface area contributed by atoms with Crippen molar-refractivity contribution in [2.75, 3.05) is 0 Å². The molecule has 0 fully saturated rings. The van der Waals surface area contributed by atoms with Gasteiger partial charge < -0.3 is 5.11 Å². The Kier molecular flexibility index (Phi) is 3.41. The summed E-state index contributed by atoms with van der Waals surface area (Å²) in [4.78, 5) is 4.01. The number of aromatic nitrogens is 1. The van der Waals surface area contributed by atoms with E-state index in [1.54, 1.807) is 12.3 Å². The number of hydrogen-bond acceptors (Lipinski definition) is 3. The zero-order valence-electron chi connectivity index (χ0n) is 9.40. The van der Waals surface area contributed by atoms with Gasteiger partial charge in [0.15, 0.2) is 0 Å². The Morgan fingerprint density at radius 1 is 1.28 bits per heavy atom. The van der Waals surface area contributed by atoms with E-state index in [0.717, 1.165) is 17.4 Å². The lowest BCUT2D eigenvalue weighted by molar-refractivity contribution is -0.139. The van der Waals surface area contributed by atoms with Gasteiger partial charge >= 0.3 is 6.18 Å². The molecule has 0 bridgehead atoms. The van der Waals surface area contributed by atoms with E-state index in [1.165, 1.54) is 18.2 Å². The molecule has 1 atom stereocenters. The molecule has 0 amide bonds. The van der Waals surface area contributed by atoms with Crippen LogP contribution in [0.3, 0.4) is 0 Å². The van der Waals surface area contributed by atoms with Gasteiger partial charge in [0.1, 0.15) is 11.1 Å². The molecule has 96 valence electrons. The highest BCUT2D eigenvalue weighted by molar-refractivity contribution is 7.09. The number of hydrogen-bond donors (Lipinski definition) is 1. The fourth-order valence-electron chi connectivity index (χ4n) is 1.62. The molecule has 2 aromatic rings. The van der Waals surface area contributed by atoms with E-state index in [0.29, 0.717) is 5.69 Å². The molecule has 1 heterocycles. The Hall–Kier alpha value is -1.40. The van der Waals surface area contributed by atoms with Crippen molar-refractivity contribution in [2.45, 2.75) is 19.2 Å². The summed E-state index contributed by atoms with van der Waals surface area (Å²) in [5, 5.41) is 12.0. The summed E-state index contributed by atoms with van der Waals surface area (Å²) in [6.07, 6.45) is -5.83. The largest absolute Gasteiger partial charge is 0.416 e. The maximum atomic E-state index is 12.8. The Balaban J connectivity index is 2.45. The van der Waals surface area contributed by atoms with Crippen molar-refractivity contribution in [3.63, 3.8) is 0 Å². The van der Waals surface area contributed by atoms with Crippen LogP contribution in [0.25, 0.3) is 0 Å². The third kappa shape index (κ3) is 2.54. The molecule has 0 radical (unpaired) electrons. The van der Waals surface area contributed by atoms with Crippen LogP contribution in [-0.2, 0) is 6.18 Å². The molecule has 0 aliphatic heterocycles. The van der Waals surface area contributed by atoms with Gasteiger partial charge in [0, 0.05) is 11.1 Å². The molecule has 0 saturated carbocycles. The van der Waals surface area contributed by atoms with Gasteiger partial charge in [0.2, 0.25) is 0 Å². The zero-order chi connectivity index (χ0) is 13.3. The fraction of sp³-hybridized carbons (Fsp3) is 0.250. The number of benzene rings is 1. The lowest BCUT2D eigenvalue weighted by atomic mass is 10.0. The van der Waals surface area contributed by atoms with Gasteiger partial charge in [-0.3, -0.25) is 0 Å². The Labute approximate surface area is 106 Å². The summed E-state index contributed by atoms with van der Waals surface area (Å²) >= 11 is 1.14. The predicted octanol–water partition coefficient (Wildman–Crippen LogP) is 3.55. The number of rotatable bonds is 2. The second kappa shape index (κ2) is 4.70. The molecule has 0 spiro atoms. The highest BCUT2D eigenvalue weighted by atomic mass is 32.1. The highest BCUT2D eigenvalue weighted by Crippen LogP contribution is 2.36. The van der Waals surface area contributed by atoms with Crippen molar-refractivity contribution in [2.24, 2.45) is 0 Å². The Bertz CT molecular complexity index is 550. The van der Waals surface area contributed by atoms with Crippen LogP contribution < -0.4 is 0 Å². The quantitative estimate of drug-likeness (QED) is 0.907. The van der Waals surface area contributed by atoms with Crippen molar-refractivity contribution in [3.8, 4) is 0 Å². The molecule has 1 aromatic heterocycles. The number of aliphatic hydroxyl groups excluding tert-OH is 1. The van der Waals surface area contributed by atoms with Crippen molar-refractivity contribution < 1.29 is 18.3 Å². The molecular formula is C12H10F3NOS. The summed E-state index contributed by atoms with van der Waals surface area (Å²) in [5.41, 5.74) is -0.316. The number of thiazole rings is 1.